The van der Waals surface area contributed by atoms with E-state index in [0.717, 1.165) is 24.5 Å². The van der Waals surface area contributed by atoms with Gasteiger partial charge < -0.3 is 0 Å². The van der Waals surface area contributed by atoms with Crippen LogP contribution < -0.4 is 0 Å². The molecule has 1 N–H and O–H groups in total. The normalized spacial score (nSPS) is 10.6. The summed E-state index contributed by atoms with van der Waals surface area (Å²) in [6.45, 7) is 0.783. The first-order valence-corrected chi connectivity index (χ1v) is 6.86. The second kappa shape index (κ2) is 5.79. The van der Waals surface area contributed by atoms with E-state index in [2.05, 4.69) is 27.3 Å². The lowest BCUT2D eigenvalue weighted by atomic mass is 10.1. The van der Waals surface area contributed by atoms with Gasteiger partial charge in [-0.2, -0.15) is 5.10 Å². The van der Waals surface area contributed by atoms with Crippen LogP contribution in [0.15, 0.2) is 54.7 Å². The maximum absolute atomic E-state index is 5.31. The molecule has 0 unspecified atom stereocenters. The number of aromatic amines is 1. The highest BCUT2D eigenvalue weighted by Gasteiger charge is 2.09. The van der Waals surface area contributed by atoms with E-state index in [9.17, 15) is 0 Å². The lowest BCUT2D eigenvalue weighted by Gasteiger charge is -2.06. The predicted molar refractivity (Wildman–Crippen MR) is 80.8 cm³/mol. The lowest BCUT2D eigenvalue weighted by molar-refractivity contribution is 0.690. The van der Waals surface area contributed by atoms with Crippen LogP contribution in [0.4, 0.5) is 0 Å². The Labute approximate surface area is 122 Å². The summed E-state index contributed by atoms with van der Waals surface area (Å²) >= 11 is 5.31. The number of hydrogen-bond donors (Lipinski definition) is 1. The fourth-order valence-electron chi connectivity index (χ4n) is 2.10. The van der Waals surface area contributed by atoms with Crippen molar-refractivity contribution in [1.29, 1.82) is 0 Å². The van der Waals surface area contributed by atoms with E-state index in [-0.39, 0.29) is 0 Å². The number of aryl methyl sites for hydroxylation is 1. The number of H-pyrrole nitrogens is 1. The summed E-state index contributed by atoms with van der Waals surface area (Å²) in [6, 6.07) is 16.1. The Morgan fingerprint density at radius 1 is 1.05 bits per heavy atom. The summed E-state index contributed by atoms with van der Waals surface area (Å²) in [7, 11) is 0. The predicted octanol–water partition coefficient (Wildman–Crippen LogP) is 3.25. The van der Waals surface area contributed by atoms with Crippen molar-refractivity contribution in [2.45, 2.75) is 13.0 Å². The first-order chi connectivity index (χ1) is 9.84. The van der Waals surface area contributed by atoms with Crippen molar-refractivity contribution in [2.75, 3.05) is 0 Å². The second-order valence-corrected chi connectivity index (χ2v) is 4.84. The monoisotopic (exact) mass is 282 g/mol. The highest BCUT2D eigenvalue weighted by molar-refractivity contribution is 7.71. The maximum atomic E-state index is 5.31. The molecule has 0 fully saturated rings. The third-order valence-electron chi connectivity index (χ3n) is 3.12. The first-order valence-electron chi connectivity index (χ1n) is 6.45. The highest BCUT2D eigenvalue weighted by Crippen LogP contribution is 2.14. The van der Waals surface area contributed by atoms with E-state index in [1.54, 1.807) is 6.20 Å². The Morgan fingerprint density at radius 3 is 2.60 bits per heavy atom. The van der Waals surface area contributed by atoms with Gasteiger partial charge in [0.05, 0.1) is 0 Å². The van der Waals surface area contributed by atoms with Gasteiger partial charge in [-0.25, -0.2) is 0 Å². The number of hydrogen-bond acceptors (Lipinski definition) is 3. The molecule has 0 radical (unpaired) electrons. The second-order valence-electron chi connectivity index (χ2n) is 4.45. The Bertz CT molecular complexity index is 731. The Hall–Kier alpha value is -2.27. The largest absolute Gasteiger partial charge is 0.299 e. The standard InChI is InChI=1S/C15H14N4S/c20-15-18-17-14(13-8-4-5-10-16-13)19(15)11-9-12-6-2-1-3-7-12/h1-8,10H,9,11H2,(H,18,20). The number of rotatable bonds is 4. The van der Waals surface area contributed by atoms with Crippen LogP contribution in [0.25, 0.3) is 11.5 Å². The van der Waals surface area contributed by atoms with Crippen LogP contribution in [0.3, 0.4) is 0 Å². The topological polar surface area (TPSA) is 46.5 Å². The summed E-state index contributed by atoms with van der Waals surface area (Å²) in [5.74, 6) is 0.784. The number of pyridine rings is 1. The van der Waals surface area contributed by atoms with E-state index in [0.29, 0.717) is 4.77 Å². The summed E-state index contributed by atoms with van der Waals surface area (Å²) in [5, 5.41) is 7.13. The SMILES string of the molecule is S=c1[nH]nc(-c2ccccn2)n1CCc1ccccc1. The van der Waals surface area contributed by atoms with Gasteiger partial charge in [0, 0.05) is 12.7 Å². The molecule has 0 spiro atoms. The Morgan fingerprint density at radius 2 is 1.85 bits per heavy atom. The Balaban J connectivity index is 1.87. The summed E-state index contributed by atoms with van der Waals surface area (Å²) in [4.78, 5) is 4.33. The van der Waals surface area contributed by atoms with E-state index in [1.165, 1.54) is 5.56 Å². The van der Waals surface area contributed by atoms with Gasteiger partial charge in [-0.3, -0.25) is 14.6 Å². The third kappa shape index (κ3) is 2.67. The van der Waals surface area contributed by atoms with E-state index >= 15 is 0 Å². The molecule has 2 heterocycles. The molecule has 0 aliphatic rings. The van der Waals surface area contributed by atoms with Crippen LogP contribution in [0.2, 0.25) is 0 Å². The highest BCUT2D eigenvalue weighted by atomic mass is 32.1. The van der Waals surface area contributed by atoms with Crippen molar-refractivity contribution in [3.8, 4) is 11.5 Å². The van der Waals surface area contributed by atoms with Crippen LogP contribution in [0.5, 0.6) is 0 Å². The van der Waals surface area contributed by atoms with Gasteiger partial charge in [-0.15, -0.1) is 0 Å². The van der Waals surface area contributed by atoms with Gasteiger partial charge in [0.2, 0.25) is 0 Å². The van der Waals surface area contributed by atoms with E-state index in [4.69, 9.17) is 12.2 Å². The zero-order chi connectivity index (χ0) is 13.8. The Kier molecular flexibility index (Phi) is 3.69. The van der Waals surface area contributed by atoms with Crippen molar-refractivity contribution < 1.29 is 0 Å². The zero-order valence-corrected chi connectivity index (χ0v) is 11.7. The zero-order valence-electron chi connectivity index (χ0n) is 10.9. The summed E-state index contributed by atoms with van der Waals surface area (Å²) < 4.78 is 2.62. The van der Waals surface area contributed by atoms with Crippen molar-refractivity contribution in [2.24, 2.45) is 0 Å². The molecule has 0 bridgehead atoms. The average molecular weight is 282 g/mol. The van der Waals surface area contributed by atoms with Crippen LogP contribution in [-0.2, 0) is 13.0 Å². The van der Waals surface area contributed by atoms with Crippen LogP contribution >= 0.6 is 12.2 Å². The number of nitrogens with zero attached hydrogens (tertiary/aromatic N) is 3. The molecule has 100 valence electrons. The molecular weight excluding hydrogens is 268 g/mol. The van der Waals surface area contributed by atoms with Crippen molar-refractivity contribution in [3.63, 3.8) is 0 Å². The summed E-state index contributed by atoms with van der Waals surface area (Å²) in [6.07, 6.45) is 2.67. The molecule has 0 atom stereocenters. The molecule has 20 heavy (non-hydrogen) atoms. The molecule has 0 aliphatic carbocycles. The van der Waals surface area contributed by atoms with Gasteiger partial charge in [-0.1, -0.05) is 36.4 Å². The van der Waals surface area contributed by atoms with Crippen molar-refractivity contribution in [3.05, 3.63) is 65.1 Å². The molecule has 4 nitrogen and oxygen atoms in total. The fraction of sp³-hybridized carbons (Fsp3) is 0.133. The molecular formula is C15H14N4S. The number of nitrogens with one attached hydrogen (secondary N) is 1. The molecule has 3 aromatic rings. The van der Waals surface area contributed by atoms with E-state index < -0.39 is 0 Å². The van der Waals surface area contributed by atoms with Crippen LogP contribution in [0.1, 0.15) is 5.56 Å². The fourth-order valence-corrected chi connectivity index (χ4v) is 2.32. The molecule has 3 rings (SSSR count). The molecule has 0 saturated carbocycles. The molecule has 2 aromatic heterocycles. The van der Waals surface area contributed by atoms with Crippen molar-refractivity contribution in [1.82, 2.24) is 19.7 Å². The minimum atomic E-state index is 0.626. The minimum absolute atomic E-state index is 0.626. The molecule has 0 aliphatic heterocycles. The molecule has 0 saturated heterocycles. The molecule has 1 aromatic carbocycles. The first kappa shape index (κ1) is 12.7. The smallest absolute Gasteiger partial charge is 0.195 e. The van der Waals surface area contributed by atoms with Gasteiger partial charge in [0.25, 0.3) is 0 Å². The van der Waals surface area contributed by atoms with Gasteiger partial charge >= 0.3 is 0 Å². The minimum Gasteiger partial charge on any atom is -0.299 e. The lowest BCUT2D eigenvalue weighted by Crippen LogP contribution is -2.04. The van der Waals surface area contributed by atoms with E-state index in [1.807, 2.05) is 41.0 Å². The van der Waals surface area contributed by atoms with Crippen LogP contribution in [0, 0.1) is 4.77 Å². The molecule has 5 heteroatoms. The van der Waals surface area contributed by atoms with Gasteiger partial charge in [0.15, 0.2) is 10.6 Å². The van der Waals surface area contributed by atoms with Crippen molar-refractivity contribution >= 4 is 12.2 Å². The summed E-state index contributed by atoms with van der Waals surface area (Å²) in [5.41, 5.74) is 2.11. The van der Waals surface area contributed by atoms with Crippen LogP contribution in [-0.4, -0.2) is 19.7 Å². The number of aromatic nitrogens is 4. The van der Waals surface area contributed by atoms with Gasteiger partial charge in [-0.05, 0) is 36.3 Å². The van der Waals surface area contributed by atoms with Gasteiger partial charge in [0.1, 0.15) is 5.69 Å². The number of benzene rings is 1. The maximum Gasteiger partial charge on any atom is 0.195 e. The molecule has 0 amide bonds. The quantitative estimate of drug-likeness (QED) is 0.747. The third-order valence-corrected chi connectivity index (χ3v) is 3.43. The average Bonchev–Trinajstić information content (AvgIpc) is 2.88.